The Labute approximate surface area is 109 Å². The minimum Gasteiger partial charge on any atom is -0.393 e. The lowest BCUT2D eigenvalue weighted by Gasteiger charge is -2.09. The summed E-state index contributed by atoms with van der Waals surface area (Å²) < 4.78 is 1.96. The molecule has 0 aliphatic carbocycles. The molecule has 4 heteroatoms. The maximum atomic E-state index is 9.67. The minimum atomic E-state index is -0.169. The van der Waals surface area contributed by atoms with E-state index >= 15 is 0 Å². The maximum Gasteiger partial charge on any atom is 0.0847 e. The molecule has 0 radical (unpaired) electrons. The van der Waals surface area contributed by atoms with E-state index in [9.17, 15) is 5.11 Å². The van der Waals surface area contributed by atoms with Gasteiger partial charge in [0.1, 0.15) is 0 Å². The molecule has 98 valence electrons. The number of hydrogen-bond acceptors (Lipinski definition) is 2. The van der Waals surface area contributed by atoms with Crippen LogP contribution in [0.2, 0.25) is 5.02 Å². The van der Waals surface area contributed by atoms with Gasteiger partial charge in [0, 0.05) is 6.54 Å². The lowest BCUT2D eigenvalue weighted by molar-refractivity contribution is 0.151. The molecule has 0 bridgehead atoms. The number of hydrogen-bond donors (Lipinski definition) is 1. The van der Waals surface area contributed by atoms with E-state index in [1.807, 2.05) is 11.6 Å². The molecule has 0 fully saturated rings. The summed E-state index contributed by atoms with van der Waals surface area (Å²) >= 11 is 6.22. The van der Waals surface area contributed by atoms with Gasteiger partial charge in [0.25, 0.3) is 0 Å². The van der Waals surface area contributed by atoms with Gasteiger partial charge in [-0.15, -0.1) is 0 Å². The first-order chi connectivity index (χ1) is 8.10. The van der Waals surface area contributed by atoms with Crippen molar-refractivity contribution in [2.45, 2.75) is 65.5 Å². The molecule has 0 aromatic carbocycles. The molecule has 0 spiro atoms. The van der Waals surface area contributed by atoms with Gasteiger partial charge in [0.05, 0.1) is 22.5 Å². The standard InChI is InChI=1S/C13H23ClN2O/c1-4-7-11(17)8-6-9-12-13(14)10(3)15-16(12)5-2/h11,17H,4-9H2,1-3H3. The van der Waals surface area contributed by atoms with Gasteiger partial charge in [-0.05, 0) is 39.5 Å². The molecule has 3 nitrogen and oxygen atoms in total. The van der Waals surface area contributed by atoms with Crippen LogP contribution in [-0.2, 0) is 13.0 Å². The topological polar surface area (TPSA) is 38.1 Å². The number of aliphatic hydroxyl groups is 1. The third-order valence-electron chi connectivity index (χ3n) is 3.03. The number of aliphatic hydroxyl groups excluding tert-OH is 1. The van der Waals surface area contributed by atoms with E-state index in [2.05, 4.69) is 18.9 Å². The molecule has 0 aliphatic rings. The van der Waals surface area contributed by atoms with E-state index in [4.69, 9.17) is 11.6 Å². The highest BCUT2D eigenvalue weighted by Gasteiger charge is 2.12. The molecule has 1 rings (SSSR count). The highest BCUT2D eigenvalue weighted by Crippen LogP contribution is 2.22. The second-order valence-corrected chi connectivity index (χ2v) is 4.87. The summed E-state index contributed by atoms with van der Waals surface area (Å²) in [7, 11) is 0. The van der Waals surface area contributed by atoms with Gasteiger partial charge in [-0.2, -0.15) is 5.10 Å². The summed E-state index contributed by atoms with van der Waals surface area (Å²) in [6, 6.07) is 0. The summed E-state index contributed by atoms with van der Waals surface area (Å²) in [6.45, 7) is 6.94. The lowest BCUT2D eigenvalue weighted by atomic mass is 10.1. The van der Waals surface area contributed by atoms with Crippen molar-refractivity contribution in [3.63, 3.8) is 0 Å². The van der Waals surface area contributed by atoms with Crippen LogP contribution < -0.4 is 0 Å². The minimum absolute atomic E-state index is 0.169. The largest absolute Gasteiger partial charge is 0.393 e. The Hall–Kier alpha value is -0.540. The molecule has 1 heterocycles. The zero-order valence-corrected chi connectivity index (χ0v) is 11.8. The van der Waals surface area contributed by atoms with Crippen molar-refractivity contribution in [1.82, 2.24) is 9.78 Å². The fourth-order valence-electron chi connectivity index (χ4n) is 2.09. The third kappa shape index (κ3) is 4.00. The van der Waals surface area contributed by atoms with E-state index in [0.717, 1.165) is 55.1 Å². The van der Waals surface area contributed by atoms with Crippen molar-refractivity contribution >= 4 is 11.6 Å². The summed E-state index contributed by atoms with van der Waals surface area (Å²) in [6.07, 6.45) is 4.46. The Bertz CT molecular complexity index is 349. The molecule has 1 aromatic heterocycles. The molecular formula is C13H23ClN2O. The van der Waals surface area contributed by atoms with Crippen LogP contribution >= 0.6 is 11.6 Å². The van der Waals surface area contributed by atoms with Crippen molar-refractivity contribution in [2.75, 3.05) is 0 Å². The maximum absolute atomic E-state index is 9.67. The number of aromatic nitrogens is 2. The van der Waals surface area contributed by atoms with Crippen LogP contribution in [0.5, 0.6) is 0 Å². The predicted octanol–water partition coefficient (Wildman–Crippen LogP) is 3.35. The van der Waals surface area contributed by atoms with E-state index in [1.165, 1.54) is 0 Å². The van der Waals surface area contributed by atoms with Gasteiger partial charge in [-0.1, -0.05) is 24.9 Å². The summed E-state index contributed by atoms with van der Waals surface area (Å²) in [5.41, 5.74) is 2.01. The lowest BCUT2D eigenvalue weighted by Crippen LogP contribution is -2.08. The first-order valence-electron chi connectivity index (χ1n) is 6.49. The predicted molar refractivity (Wildman–Crippen MR) is 71.5 cm³/mol. The summed E-state index contributed by atoms with van der Waals surface area (Å²) in [4.78, 5) is 0. The molecule has 0 saturated carbocycles. The van der Waals surface area contributed by atoms with Gasteiger partial charge in [0.15, 0.2) is 0 Å². The molecule has 1 unspecified atom stereocenters. The fraction of sp³-hybridized carbons (Fsp3) is 0.769. The number of aryl methyl sites for hydroxylation is 2. The van der Waals surface area contributed by atoms with Gasteiger partial charge in [-0.3, -0.25) is 4.68 Å². The fourth-order valence-corrected chi connectivity index (χ4v) is 2.32. The quantitative estimate of drug-likeness (QED) is 0.815. The van der Waals surface area contributed by atoms with Crippen LogP contribution in [0.3, 0.4) is 0 Å². The normalized spacial score (nSPS) is 13.0. The Morgan fingerprint density at radius 3 is 2.65 bits per heavy atom. The van der Waals surface area contributed by atoms with Gasteiger partial charge >= 0.3 is 0 Å². The van der Waals surface area contributed by atoms with Crippen LogP contribution in [0, 0.1) is 6.92 Å². The van der Waals surface area contributed by atoms with Crippen molar-refractivity contribution in [2.24, 2.45) is 0 Å². The highest BCUT2D eigenvalue weighted by molar-refractivity contribution is 6.31. The average molecular weight is 259 g/mol. The second-order valence-electron chi connectivity index (χ2n) is 4.50. The first kappa shape index (κ1) is 14.5. The van der Waals surface area contributed by atoms with Crippen molar-refractivity contribution in [3.8, 4) is 0 Å². The Morgan fingerprint density at radius 1 is 1.35 bits per heavy atom. The average Bonchev–Trinajstić information content (AvgIpc) is 2.57. The van der Waals surface area contributed by atoms with Gasteiger partial charge in [-0.25, -0.2) is 0 Å². The van der Waals surface area contributed by atoms with Gasteiger partial charge in [0.2, 0.25) is 0 Å². The van der Waals surface area contributed by atoms with Crippen LogP contribution in [0.25, 0.3) is 0 Å². The monoisotopic (exact) mass is 258 g/mol. The smallest absolute Gasteiger partial charge is 0.0847 e. The number of rotatable bonds is 7. The Morgan fingerprint density at radius 2 is 2.06 bits per heavy atom. The Balaban J connectivity index is 2.51. The van der Waals surface area contributed by atoms with Crippen LogP contribution in [0.4, 0.5) is 0 Å². The SMILES string of the molecule is CCCC(O)CCCc1c(Cl)c(C)nn1CC. The van der Waals surface area contributed by atoms with E-state index in [1.54, 1.807) is 0 Å². The second kappa shape index (κ2) is 7.02. The first-order valence-corrected chi connectivity index (χ1v) is 6.87. The number of nitrogens with zero attached hydrogens (tertiary/aromatic N) is 2. The van der Waals surface area contributed by atoms with Crippen molar-refractivity contribution in [1.29, 1.82) is 0 Å². The van der Waals surface area contributed by atoms with Crippen molar-refractivity contribution in [3.05, 3.63) is 16.4 Å². The van der Waals surface area contributed by atoms with Crippen LogP contribution in [0.1, 0.15) is 50.9 Å². The zero-order chi connectivity index (χ0) is 12.8. The molecule has 1 aromatic rings. The molecule has 1 N–H and O–H groups in total. The zero-order valence-electron chi connectivity index (χ0n) is 11.0. The molecule has 17 heavy (non-hydrogen) atoms. The third-order valence-corrected chi connectivity index (χ3v) is 3.52. The highest BCUT2D eigenvalue weighted by atomic mass is 35.5. The van der Waals surface area contributed by atoms with E-state index < -0.39 is 0 Å². The van der Waals surface area contributed by atoms with E-state index in [0.29, 0.717) is 0 Å². The molecule has 0 aliphatic heterocycles. The molecular weight excluding hydrogens is 236 g/mol. The van der Waals surface area contributed by atoms with Crippen LogP contribution in [0.15, 0.2) is 0 Å². The number of halogens is 1. The molecule has 1 atom stereocenters. The van der Waals surface area contributed by atoms with E-state index in [-0.39, 0.29) is 6.10 Å². The Kier molecular flexibility index (Phi) is 6.00. The van der Waals surface area contributed by atoms with Crippen molar-refractivity contribution < 1.29 is 5.11 Å². The molecule has 0 saturated heterocycles. The van der Waals surface area contributed by atoms with Gasteiger partial charge < -0.3 is 5.11 Å². The van der Waals surface area contributed by atoms with Crippen LogP contribution in [-0.4, -0.2) is 21.0 Å². The summed E-state index contributed by atoms with van der Waals surface area (Å²) in [5.74, 6) is 0. The molecule has 0 amide bonds. The summed E-state index contributed by atoms with van der Waals surface area (Å²) in [5, 5.41) is 14.8.